The third-order valence-electron chi connectivity index (χ3n) is 2.68. The fourth-order valence-corrected chi connectivity index (χ4v) is 1.72. The number of nitrogens with zero attached hydrogens (tertiary/aromatic N) is 2. The van der Waals surface area contributed by atoms with Crippen LogP contribution in [0.4, 0.5) is 5.69 Å². The van der Waals surface area contributed by atoms with Crippen molar-refractivity contribution in [2.75, 3.05) is 19.1 Å². The maximum Gasteiger partial charge on any atom is 0.339 e. The first-order chi connectivity index (χ1) is 7.63. The smallest absolute Gasteiger partial charge is 0.339 e. The Balaban J connectivity index is 2.44. The third kappa shape index (κ3) is 1.64. The van der Waals surface area contributed by atoms with Gasteiger partial charge in [-0.05, 0) is 6.07 Å². The molecule has 0 spiro atoms. The summed E-state index contributed by atoms with van der Waals surface area (Å²) in [5.41, 5.74) is 1.90. The Hall–Kier alpha value is -1.91. The van der Waals surface area contributed by atoms with Gasteiger partial charge in [0.2, 0.25) is 5.91 Å². The molecule has 5 heteroatoms. The van der Waals surface area contributed by atoms with Crippen molar-refractivity contribution < 1.29 is 14.3 Å². The molecule has 1 aliphatic heterocycles. The number of carbonyl (C=O) groups is 2. The zero-order valence-corrected chi connectivity index (χ0v) is 9.19. The van der Waals surface area contributed by atoms with E-state index in [2.05, 4.69) is 9.72 Å². The van der Waals surface area contributed by atoms with E-state index < -0.39 is 5.97 Å². The molecule has 2 heterocycles. The van der Waals surface area contributed by atoms with Gasteiger partial charge in [-0.3, -0.25) is 9.78 Å². The summed E-state index contributed by atoms with van der Waals surface area (Å²) in [4.78, 5) is 28.5. The van der Waals surface area contributed by atoms with Gasteiger partial charge >= 0.3 is 5.97 Å². The maximum atomic E-state index is 11.5. The second-order valence-electron chi connectivity index (χ2n) is 3.63. The Morgan fingerprint density at radius 3 is 2.94 bits per heavy atom. The molecule has 0 atom stereocenters. The van der Waals surface area contributed by atoms with Gasteiger partial charge in [0.05, 0.1) is 24.1 Å². The molecule has 1 aliphatic rings. The second kappa shape index (κ2) is 3.92. The number of ether oxygens (including phenoxy) is 1. The monoisotopic (exact) mass is 220 g/mol. The Morgan fingerprint density at radius 1 is 1.50 bits per heavy atom. The summed E-state index contributed by atoms with van der Waals surface area (Å²) in [7, 11) is 3.00. The minimum Gasteiger partial charge on any atom is -0.465 e. The van der Waals surface area contributed by atoms with Gasteiger partial charge in [-0.15, -0.1) is 0 Å². The Morgan fingerprint density at radius 2 is 2.25 bits per heavy atom. The number of esters is 1. The van der Waals surface area contributed by atoms with E-state index in [4.69, 9.17) is 0 Å². The van der Waals surface area contributed by atoms with E-state index >= 15 is 0 Å². The molecule has 0 aliphatic carbocycles. The molecule has 5 nitrogen and oxygen atoms in total. The minimum absolute atomic E-state index is 0.0383. The fourth-order valence-electron chi connectivity index (χ4n) is 1.72. The van der Waals surface area contributed by atoms with Gasteiger partial charge in [0.25, 0.3) is 0 Å². The van der Waals surface area contributed by atoms with Crippen LogP contribution >= 0.6 is 0 Å². The molecular weight excluding hydrogens is 208 g/mol. The number of hydrogen-bond acceptors (Lipinski definition) is 4. The van der Waals surface area contributed by atoms with Gasteiger partial charge < -0.3 is 9.64 Å². The first kappa shape index (κ1) is 10.6. The number of aryl methyl sites for hydroxylation is 1. The number of anilines is 1. The molecule has 2 rings (SSSR count). The number of rotatable bonds is 1. The largest absolute Gasteiger partial charge is 0.465 e. The Labute approximate surface area is 93.0 Å². The molecule has 1 aromatic heterocycles. The van der Waals surface area contributed by atoms with Gasteiger partial charge in [-0.1, -0.05) is 0 Å². The van der Waals surface area contributed by atoms with Gasteiger partial charge in [0.15, 0.2) is 0 Å². The molecule has 1 amide bonds. The molecular formula is C11H12N2O3. The molecule has 0 N–H and O–H groups in total. The summed E-state index contributed by atoms with van der Waals surface area (Å²) < 4.78 is 4.61. The molecule has 0 saturated heterocycles. The lowest BCUT2D eigenvalue weighted by molar-refractivity contribution is -0.118. The fraction of sp³-hybridized carbons (Fsp3) is 0.364. The van der Waals surface area contributed by atoms with Crippen molar-refractivity contribution >= 4 is 17.6 Å². The van der Waals surface area contributed by atoms with Crippen LogP contribution in [0, 0.1) is 0 Å². The quantitative estimate of drug-likeness (QED) is 0.656. The third-order valence-corrected chi connectivity index (χ3v) is 2.68. The molecule has 0 fully saturated rings. The zero-order chi connectivity index (χ0) is 11.7. The summed E-state index contributed by atoms with van der Waals surface area (Å²) in [5.74, 6) is -0.405. The van der Waals surface area contributed by atoms with Crippen LogP contribution in [0.2, 0.25) is 0 Å². The van der Waals surface area contributed by atoms with Gasteiger partial charge in [-0.25, -0.2) is 4.79 Å². The SMILES string of the molecule is COC(=O)c1cnc2c(c1)N(C)C(=O)CC2. The molecule has 0 aromatic carbocycles. The average molecular weight is 220 g/mol. The van der Waals surface area contributed by atoms with E-state index in [1.54, 1.807) is 13.1 Å². The topological polar surface area (TPSA) is 59.5 Å². The summed E-state index contributed by atoms with van der Waals surface area (Å²) in [5, 5.41) is 0. The number of fused-ring (bicyclic) bond motifs is 1. The van der Waals surface area contributed by atoms with Crippen LogP contribution in [0.1, 0.15) is 22.5 Å². The number of carbonyl (C=O) groups excluding carboxylic acids is 2. The van der Waals surface area contributed by atoms with Crippen LogP contribution in [-0.4, -0.2) is 31.0 Å². The standard InChI is InChI=1S/C11H12N2O3/c1-13-9-5-7(11(15)16-2)6-12-8(9)3-4-10(13)14/h5-6H,3-4H2,1-2H3. The van der Waals surface area contributed by atoms with Crippen LogP contribution < -0.4 is 4.90 Å². The number of aromatic nitrogens is 1. The summed E-state index contributed by atoms with van der Waals surface area (Å²) in [6, 6.07) is 1.64. The van der Waals surface area contributed by atoms with Crippen molar-refractivity contribution in [2.45, 2.75) is 12.8 Å². The van der Waals surface area contributed by atoms with Crippen molar-refractivity contribution in [3.8, 4) is 0 Å². The molecule has 0 radical (unpaired) electrons. The summed E-state index contributed by atoms with van der Waals surface area (Å²) in [6.45, 7) is 0. The highest BCUT2D eigenvalue weighted by Crippen LogP contribution is 2.25. The molecule has 0 unspecified atom stereocenters. The molecule has 16 heavy (non-hydrogen) atoms. The van der Waals surface area contributed by atoms with Crippen LogP contribution in [0.5, 0.6) is 0 Å². The molecule has 0 saturated carbocycles. The zero-order valence-electron chi connectivity index (χ0n) is 9.19. The maximum absolute atomic E-state index is 11.5. The highest BCUT2D eigenvalue weighted by atomic mass is 16.5. The van der Waals surface area contributed by atoms with Crippen molar-refractivity contribution in [1.82, 2.24) is 4.98 Å². The summed E-state index contributed by atoms with van der Waals surface area (Å²) >= 11 is 0. The predicted octanol–water partition coefficient (Wildman–Crippen LogP) is 0.777. The highest BCUT2D eigenvalue weighted by molar-refractivity contribution is 5.97. The average Bonchev–Trinajstić information content (AvgIpc) is 2.32. The van der Waals surface area contributed by atoms with E-state index in [0.717, 1.165) is 5.69 Å². The molecule has 1 aromatic rings. The number of amides is 1. The highest BCUT2D eigenvalue weighted by Gasteiger charge is 2.23. The van der Waals surface area contributed by atoms with Crippen LogP contribution in [0.15, 0.2) is 12.3 Å². The second-order valence-corrected chi connectivity index (χ2v) is 3.63. The minimum atomic E-state index is -0.443. The van der Waals surface area contributed by atoms with Crippen LogP contribution in [0.3, 0.4) is 0 Å². The van der Waals surface area contributed by atoms with E-state index in [1.807, 2.05) is 0 Å². The molecule has 84 valence electrons. The lowest BCUT2D eigenvalue weighted by Gasteiger charge is -2.24. The Bertz CT molecular complexity index is 457. The van der Waals surface area contributed by atoms with E-state index in [-0.39, 0.29) is 5.91 Å². The lowest BCUT2D eigenvalue weighted by Crippen LogP contribution is -2.31. The van der Waals surface area contributed by atoms with Gasteiger partial charge in [-0.2, -0.15) is 0 Å². The van der Waals surface area contributed by atoms with Crippen molar-refractivity contribution in [3.05, 3.63) is 23.5 Å². The van der Waals surface area contributed by atoms with Crippen LogP contribution in [0.25, 0.3) is 0 Å². The Kier molecular flexibility index (Phi) is 2.60. The van der Waals surface area contributed by atoms with E-state index in [9.17, 15) is 9.59 Å². The normalized spacial score (nSPS) is 14.6. The van der Waals surface area contributed by atoms with Gasteiger partial charge in [0, 0.05) is 26.1 Å². The number of pyridine rings is 1. The summed E-state index contributed by atoms with van der Waals surface area (Å²) in [6.07, 6.45) is 2.57. The van der Waals surface area contributed by atoms with E-state index in [0.29, 0.717) is 24.1 Å². The molecule has 0 bridgehead atoms. The lowest BCUT2D eigenvalue weighted by atomic mass is 10.1. The van der Waals surface area contributed by atoms with Crippen molar-refractivity contribution in [3.63, 3.8) is 0 Å². The number of hydrogen-bond donors (Lipinski definition) is 0. The first-order valence-corrected chi connectivity index (χ1v) is 4.97. The van der Waals surface area contributed by atoms with Gasteiger partial charge in [0.1, 0.15) is 0 Å². The van der Waals surface area contributed by atoms with Crippen molar-refractivity contribution in [1.29, 1.82) is 0 Å². The van der Waals surface area contributed by atoms with Crippen LogP contribution in [-0.2, 0) is 16.0 Å². The number of methoxy groups -OCH3 is 1. The first-order valence-electron chi connectivity index (χ1n) is 4.97. The van der Waals surface area contributed by atoms with E-state index in [1.165, 1.54) is 18.2 Å². The predicted molar refractivity (Wildman–Crippen MR) is 57.3 cm³/mol. The van der Waals surface area contributed by atoms with Crippen molar-refractivity contribution in [2.24, 2.45) is 0 Å².